The summed E-state index contributed by atoms with van der Waals surface area (Å²) in [6.07, 6.45) is 9.90. The molecule has 2 aromatic heterocycles. The van der Waals surface area contributed by atoms with Crippen LogP contribution in [0.3, 0.4) is 0 Å². The lowest BCUT2D eigenvalue weighted by Gasteiger charge is -2.46. The second-order valence-corrected chi connectivity index (χ2v) is 7.88. The van der Waals surface area contributed by atoms with Gasteiger partial charge in [-0.05, 0) is 62.3 Å². The van der Waals surface area contributed by atoms with Crippen LogP contribution in [0.2, 0.25) is 0 Å². The third-order valence-electron chi connectivity index (χ3n) is 6.12. The summed E-state index contributed by atoms with van der Waals surface area (Å²) in [6, 6.07) is 3.92. The van der Waals surface area contributed by atoms with Crippen LogP contribution in [0, 0.1) is 0 Å². The maximum Gasteiger partial charge on any atom is 0.254 e. The molecule has 1 saturated heterocycles. The zero-order valence-electron chi connectivity index (χ0n) is 16.1. The summed E-state index contributed by atoms with van der Waals surface area (Å²) >= 11 is 0. The molecule has 8 heteroatoms. The molecule has 0 aromatic carbocycles. The molecule has 4 rings (SSSR count). The van der Waals surface area contributed by atoms with Crippen LogP contribution in [0.4, 0.5) is 0 Å². The molecule has 1 aliphatic carbocycles. The number of carbonyl (C=O) groups is 1. The number of rotatable bonds is 4. The normalized spacial score (nSPS) is 23.9. The Labute approximate surface area is 159 Å². The number of carbonyl (C=O) groups excluding carboxylic acids is 1. The Balaban J connectivity index is 1.66. The number of likely N-dealkylation sites (tertiary alicyclic amines) is 1. The highest BCUT2D eigenvalue weighted by atomic mass is 16.2. The zero-order valence-corrected chi connectivity index (χ0v) is 16.1. The molecule has 144 valence electrons. The molecule has 1 aliphatic heterocycles. The highest BCUT2D eigenvalue weighted by Crippen LogP contribution is 2.38. The standard InChI is InChI=1S/C19H27N7O/c1-24(2)19(18-21-22-23-26(18)16-6-3-4-7-16)10-5-13-25(14-19)17(27)15-8-11-20-12-9-15/h8-9,11-12,16H,3-7,10,13-14H2,1-2H3. The first-order valence-electron chi connectivity index (χ1n) is 9.77. The summed E-state index contributed by atoms with van der Waals surface area (Å²) in [5.41, 5.74) is 0.308. The van der Waals surface area contributed by atoms with Crippen LogP contribution in [0.1, 0.15) is 60.7 Å². The van der Waals surface area contributed by atoms with Gasteiger partial charge in [-0.15, -0.1) is 5.10 Å². The zero-order chi connectivity index (χ0) is 18.9. The van der Waals surface area contributed by atoms with E-state index in [1.807, 2.05) is 9.58 Å². The van der Waals surface area contributed by atoms with Crippen molar-refractivity contribution in [3.05, 3.63) is 35.9 Å². The molecule has 1 amide bonds. The molecule has 2 aromatic rings. The number of likely N-dealkylation sites (N-methyl/N-ethyl adjacent to an activating group) is 1. The van der Waals surface area contributed by atoms with E-state index in [1.54, 1.807) is 24.5 Å². The van der Waals surface area contributed by atoms with Gasteiger partial charge in [0, 0.05) is 31.0 Å². The number of tetrazole rings is 1. The maximum atomic E-state index is 13.0. The Morgan fingerprint density at radius 1 is 1.19 bits per heavy atom. The van der Waals surface area contributed by atoms with Gasteiger partial charge in [-0.1, -0.05) is 12.8 Å². The van der Waals surface area contributed by atoms with Crippen molar-refractivity contribution in [3.8, 4) is 0 Å². The summed E-state index contributed by atoms with van der Waals surface area (Å²) in [5, 5.41) is 12.8. The summed E-state index contributed by atoms with van der Waals surface area (Å²) in [5.74, 6) is 0.940. The molecule has 1 unspecified atom stereocenters. The van der Waals surface area contributed by atoms with E-state index in [0.29, 0.717) is 18.2 Å². The van der Waals surface area contributed by atoms with Crippen molar-refractivity contribution in [2.45, 2.75) is 50.1 Å². The molecule has 0 radical (unpaired) electrons. The van der Waals surface area contributed by atoms with Crippen LogP contribution in [0.25, 0.3) is 0 Å². The Morgan fingerprint density at radius 2 is 1.93 bits per heavy atom. The van der Waals surface area contributed by atoms with Crippen LogP contribution in [0.15, 0.2) is 24.5 Å². The molecule has 27 heavy (non-hydrogen) atoms. The van der Waals surface area contributed by atoms with Crippen molar-refractivity contribution in [1.29, 1.82) is 0 Å². The third-order valence-corrected chi connectivity index (χ3v) is 6.12. The van der Waals surface area contributed by atoms with Gasteiger partial charge < -0.3 is 4.90 Å². The molecule has 1 atom stereocenters. The van der Waals surface area contributed by atoms with Crippen LogP contribution >= 0.6 is 0 Å². The molecule has 0 spiro atoms. The molecule has 1 saturated carbocycles. The van der Waals surface area contributed by atoms with Gasteiger partial charge in [0.15, 0.2) is 5.82 Å². The predicted molar refractivity (Wildman–Crippen MR) is 100 cm³/mol. The highest BCUT2D eigenvalue weighted by Gasteiger charge is 2.45. The van der Waals surface area contributed by atoms with E-state index in [9.17, 15) is 4.79 Å². The van der Waals surface area contributed by atoms with E-state index >= 15 is 0 Å². The second kappa shape index (κ2) is 7.34. The molecule has 0 bridgehead atoms. The predicted octanol–water partition coefficient (Wildman–Crippen LogP) is 1.88. The third kappa shape index (κ3) is 3.22. The first-order chi connectivity index (χ1) is 13.1. The second-order valence-electron chi connectivity index (χ2n) is 7.88. The van der Waals surface area contributed by atoms with Crippen molar-refractivity contribution < 1.29 is 4.79 Å². The van der Waals surface area contributed by atoms with Crippen molar-refractivity contribution in [3.63, 3.8) is 0 Å². The fourth-order valence-electron chi connectivity index (χ4n) is 4.53. The molecule has 2 aliphatic rings. The fourth-order valence-corrected chi connectivity index (χ4v) is 4.53. The SMILES string of the molecule is CN(C)C1(c2nnnn2C2CCCC2)CCCN(C(=O)c2ccncc2)C1. The number of hydrogen-bond donors (Lipinski definition) is 0. The molecule has 8 nitrogen and oxygen atoms in total. The first-order valence-corrected chi connectivity index (χ1v) is 9.77. The number of hydrogen-bond acceptors (Lipinski definition) is 6. The summed E-state index contributed by atoms with van der Waals surface area (Å²) < 4.78 is 2.04. The van der Waals surface area contributed by atoms with E-state index in [2.05, 4.69) is 39.5 Å². The smallest absolute Gasteiger partial charge is 0.254 e. The van der Waals surface area contributed by atoms with Crippen LogP contribution in [0.5, 0.6) is 0 Å². The number of aromatic nitrogens is 5. The average molecular weight is 369 g/mol. The number of pyridine rings is 1. The Morgan fingerprint density at radius 3 is 2.63 bits per heavy atom. The van der Waals surface area contributed by atoms with Crippen molar-refractivity contribution in [1.82, 2.24) is 35.0 Å². The van der Waals surface area contributed by atoms with E-state index in [-0.39, 0.29) is 11.4 Å². The number of amides is 1. The lowest BCUT2D eigenvalue weighted by molar-refractivity contribution is 0.0250. The van der Waals surface area contributed by atoms with E-state index in [4.69, 9.17) is 0 Å². The fraction of sp³-hybridized carbons (Fsp3) is 0.632. The van der Waals surface area contributed by atoms with Crippen LogP contribution in [-0.4, -0.2) is 68.1 Å². The molecule has 0 N–H and O–H groups in total. The average Bonchev–Trinajstić information content (AvgIpc) is 3.39. The van der Waals surface area contributed by atoms with Crippen LogP contribution < -0.4 is 0 Å². The van der Waals surface area contributed by atoms with E-state index < -0.39 is 0 Å². The van der Waals surface area contributed by atoms with Gasteiger partial charge in [0.1, 0.15) is 5.54 Å². The molecule has 3 heterocycles. The van der Waals surface area contributed by atoms with E-state index in [0.717, 1.165) is 38.1 Å². The molecular weight excluding hydrogens is 342 g/mol. The number of piperidine rings is 1. The van der Waals surface area contributed by atoms with Crippen molar-refractivity contribution in [2.75, 3.05) is 27.2 Å². The maximum absolute atomic E-state index is 13.0. The monoisotopic (exact) mass is 369 g/mol. The topological polar surface area (TPSA) is 80.0 Å². The van der Waals surface area contributed by atoms with Gasteiger partial charge in [0.05, 0.1) is 6.04 Å². The van der Waals surface area contributed by atoms with Crippen molar-refractivity contribution >= 4 is 5.91 Å². The summed E-state index contributed by atoms with van der Waals surface area (Å²) in [4.78, 5) is 21.2. The minimum atomic E-state index is -0.368. The minimum absolute atomic E-state index is 0.0446. The number of nitrogens with zero attached hydrogens (tertiary/aromatic N) is 7. The van der Waals surface area contributed by atoms with Gasteiger partial charge in [0.2, 0.25) is 0 Å². The minimum Gasteiger partial charge on any atom is -0.336 e. The van der Waals surface area contributed by atoms with Gasteiger partial charge in [0.25, 0.3) is 5.91 Å². The van der Waals surface area contributed by atoms with Crippen LogP contribution in [-0.2, 0) is 5.54 Å². The Kier molecular flexibility index (Phi) is 4.90. The van der Waals surface area contributed by atoms with Gasteiger partial charge in [-0.2, -0.15) is 0 Å². The Bertz CT molecular complexity index is 784. The molecule has 2 fully saturated rings. The van der Waals surface area contributed by atoms with Gasteiger partial charge in [-0.3, -0.25) is 14.7 Å². The largest absolute Gasteiger partial charge is 0.336 e. The van der Waals surface area contributed by atoms with Gasteiger partial charge >= 0.3 is 0 Å². The Hall–Kier alpha value is -2.35. The highest BCUT2D eigenvalue weighted by molar-refractivity contribution is 5.94. The quantitative estimate of drug-likeness (QED) is 0.819. The molecular formula is C19H27N7O. The lowest BCUT2D eigenvalue weighted by atomic mass is 9.86. The van der Waals surface area contributed by atoms with Gasteiger partial charge in [-0.25, -0.2) is 4.68 Å². The lowest BCUT2D eigenvalue weighted by Crippen LogP contribution is -2.56. The van der Waals surface area contributed by atoms with E-state index in [1.165, 1.54) is 12.8 Å². The van der Waals surface area contributed by atoms with Crippen molar-refractivity contribution in [2.24, 2.45) is 0 Å². The summed E-state index contributed by atoms with van der Waals surface area (Å²) in [7, 11) is 4.13. The first kappa shape index (κ1) is 18.0. The summed E-state index contributed by atoms with van der Waals surface area (Å²) in [6.45, 7) is 1.34.